The Bertz CT molecular complexity index is 299. The molecule has 96 valence electrons. The summed E-state index contributed by atoms with van der Waals surface area (Å²) in [6, 6.07) is 0. The van der Waals surface area contributed by atoms with Crippen LogP contribution in [0.4, 0.5) is 0 Å². The zero-order chi connectivity index (χ0) is 12.5. The fourth-order valence-electron chi connectivity index (χ4n) is 3.72. The Labute approximate surface area is 107 Å². The minimum atomic E-state index is 0.567. The van der Waals surface area contributed by atoms with Crippen LogP contribution in [0.25, 0.3) is 0 Å². The number of piperidine rings is 1. The minimum Gasteiger partial charge on any atom is -0.363 e. The molecule has 0 aromatic heterocycles. The lowest BCUT2D eigenvalue weighted by Gasteiger charge is -2.42. The van der Waals surface area contributed by atoms with Crippen molar-refractivity contribution in [3.05, 3.63) is 0 Å². The van der Waals surface area contributed by atoms with E-state index in [2.05, 4.69) is 31.7 Å². The van der Waals surface area contributed by atoms with E-state index in [-0.39, 0.29) is 0 Å². The Morgan fingerprint density at radius 3 is 2.76 bits per heavy atom. The summed E-state index contributed by atoms with van der Waals surface area (Å²) in [5, 5.41) is 0.567. The molecule has 2 aliphatic rings. The van der Waals surface area contributed by atoms with E-state index in [9.17, 15) is 0 Å². The number of aliphatic imine (C=N–C) groups is 1. The van der Waals surface area contributed by atoms with E-state index in [0.29, 0.717) is 5.31 Å². The van der Waals surface area contributed by atoms with Crippen LogP contribution in [0.5, 0.6) is 0 Å². The molecule has 1 aliphatic heterocycles. The van der Waals surface area contributed by atoms with Gasteiger partial charge in [0, 0.05) is 26.6 Å². The number of rotatable bonds is 0. The highest BCUT2D eigenvalue weighted by Crippen LogP contribution is 2.43. The van der Waals surface area contributed by atoms with Gasteiger partial charge in [0.25, 0.3) is 0 Å². The molecule has 3 atom stereocenters. The van der Waals surface area contributed by atoms with Gasteiger partial charge in [0.15, 0.2) is 0 Å². The number of likely N-dealkylation sites (tertiary alicyclic amines) is 1. The third-order valence-electron chi connectivity index (χ3n) is 4.92. The molecule has 1 saturated heterocycles. The van der Waals surface area contributed by atoms with Gasteiger partial charge in [-0.15, -0.1) is 0 Å². The first-order valence-corrected chi connectivity index (χ1v) is 7.21. The van der Waals surface area contributed by atoms with Crippen LogP contribution < -0.4 is 0 Å². The third-order valence-corrected chi connectivity index (χ3v) is 4.92. The van der Waals surface area contributed by atoms with Crippen molar-refractivity contribution in [2.75, 3.05) is 20.6 Å². The summed E-state index contributed by atoms with van der Waals surface area (Å²) in [6.07, 6.45) is 8.29. The smallest absolute Gasteiger partial charge is 0.109 e. The van der Waals surface area contributed by atoms with Gasteiger partial charge < -0.3 is 4.90 Å². The first kappa shape index (κ1) is 13.0. The number of hydrogen-bond acceptors (Lipinski definition) is 1. The standard InChI is InChI=1S/C14H27BN2/c1-14(15)8-4-5-12-11(6-9-14)7-10-17(3)13(12)16-2/h11-12H,4-10,15H2,1-3H3/b16-13-. The number of nitrogens with zero attached hydrogens (tertiary/aromatic N) is 2. The number of hydrogen-bond donors (Lipinski definition) is 0. The normalized spacial score (nSPS) is 41.8. The monoisotopic (exact) mass is 234 g/mol. The van der Waals surface area contributed by atoms with Crippen molar-refractivity contribution in [1.82, 2.24) is 4.90 Å². The SMILES string of the molecule is BC1(C)CCCC2/C(=N/C)N(C)CCC2CC1. The molecule has 3 unspecified atom stereocenters. The highest BCUT2D eigenvalue weighted by atomic mass is 15.2. The number of fused-ring (bicyclic) bond motifs is 1. The fourth-order valence-corrected chi connectivity index (χ4v) is 3.72. The Hall–Kier alpha value is -0.465. The van der Waals surface area contributed by atoms with Gasteiger partial charge >= 0.3 is 0 Å². The zero-order valence-corrected chi connectivity index (χ0v) is 12.0. The molecule has 0 aromatic rings. The average molecular weight is 234 g/mol. The van der Waals surface area contributed by atoms with E-state index in [1.54, 1.807) is 0 Å². The van der Waals surface area contributed by atoms with Gasteiger partial charge in [-0.05, 0) is 25.2 Å². The minimum absolute atomic E-state index is 0.567. The zero-order valence-electron chi connectivity index (χ0n) is 12.0. The summed E-state index contributed by atoms with van der Waals surface area (Å²) >= 11 is 0. The summed E-state index contributed by atoms with van der Waals surface area (Å²) in [4.78, 5) is 6.95. The maximum Gasteiger partial charge on any atom is 0.109 e. The summed E-state index contributed by atoms with van der Waals surface area (Å²) in [5.41, 5.74) is 0. The molecule has 0 N–H and O–H groups in total. The molecule has 0 spiro atoms. The van der Waals surface area contributed by atoms with Crippen LogP contribution in [0.15, 0.2) is 4.99 Å². The lowest BCUT2D eigenvalue weighted by molar-refractivity contribution is 0.220. The summed E-state index contributed by atoms with van der Waals surface area (Å²) < 4.78 is 0. The topological polar surface area (TPSA) is 15.6 Å². The molecule has 17 heavy (non-hydrogen) atoms. The molecule has 0 bridgehead atoms. The molecule has 2 nitrogen and oxygen atoms in total. The van der Waals surface area contributed by atoms with Crippen LogP contribution in [-0.2, 0) is 0 Å². The lowest BCUT2D eigenvalue weighted by Crippen LogP contribution is -2.44. The van der Waals surface area contributed by atoms with Gasteiger partial charge in [-0.3, -0.25) is 4.99 Å². The second-order valence-electron chi connectivity index (χ2n) is 6.75. The van der Waals surface area contributed by atoms with Crippen LogP contribution >= 0.6 is 0 Å². The highest BCUT2D eigenvalue weighted by molar-refractivity contribution is 6.14. The van der Waals surface area contributed by atoms with Gasteiger partial charge in [-0.25, -0.2) is 0 Å². The molecule has 0 aromatic carbocycles. The van der Waals surface area contributed by atoms with Gasteiger partial charge in [0.05, 0.1) is 0 Å². The Morgan fingerprint density at radius 2 is 2.06 bits per heavy atom. The third kappa shape index (κ3) is 2.86. The maximum absolute atomic E-state index is 4.56. The second-order valence-corrected chi connectivity index (χ2v) is 6.75. The Morgan fingerprint density at radius 1 is 1.29 bits per heavy atom. The summed E-state index contributed by atoms with van der Waals surface area (Å²) in [7, 11) is 6.62. The largest absolute Gasteiger partial charge is 0.363 e. The Kier molecular flexibility index (Phi) is 3.84. The molecule has 2 rings (SSSR count). The quantitative estimate of drug-likeness (QED) is 0.587. The van der Waals surface area contributed by atoms with E-state index in [1.165, 1.54) is 50.9 Å². The molecule has 0 amide bonds. The molecule has 0 radical (unpaired) electrons. The second kappa shape index (κ2) is 5.03. The van der Waals surface area contributed by atoms with E-state index >= 15 is 0 Å². The predicted octanol–water partition coefficient (Wildman–Crippen LogP) is 2.36. The molecule has 1 heterocycles. The lowest BCUT2D eigenvalue weighted by atomic mass is 9.60. The van der Waals surface area contributed by atoms with Crippen molar-refractivity contribution < 1.29 is 0 Å². The van der Waals surface area contributed by atoms with Crippen molar-refractivity contribution in [3.8, 4) is 0 Å². The van der Waals surface area contributed by atoms with Crippen LogP contribution in [0.2, 0.25) is 5.31 Å². The van der Waals surface area contributed by atoms with Gasteiger partial charge in [-0.1, -0.05) is 31.5 Å². The maximum atomic E-state index is 4.56. The molecule has 3 heteroatoms. The highest BCUT2D eigenvalue weighted by Gasteiger charge is 2.35. The van der Waals surface area contributed by atoms with E-state index in [4.69, 9.17) is 0 Å². The molecule has 1 aliphatic carbocycles. The van der Waals surface area contributed by atoms with Gasteiger partial charge in [-0.2, -0.15) is 0 Å². The first-order chi connectivity index (χ1) is 8.03. The molecule has 2 fully saturated rings. The van der Waals surface area contributed by atoms with Gasteiger partial charge in [0.2, 0.25) is 0 Å². The van der Waals surface area contributed by atoms with Crippen LogP contribution in [0.3, 0.4) is 0 Å². The Balaban J connectivity index is 2.11. The van der Waals surface area contributed by atoms with Crippen molar-refractivity contribution in [2.24, 2.45) is 16.8 Å². The summed E-state index contributed by atoms with van der Waals surface area (Å²) in [6.45, 7) is 3.64. The molecular formula is C14H27BN2. The van der Waals surface area contributed by atoms with Crippen molar-refractivity contribution in [1.29, 1.82) is 0 Å². The van der Waals surface area contributed by atoms with Crippen molar-refractivity contribution >= 4 is 13.7 Å². The van der Waals surface area contributed by atoms with Crippen molar-refractivity contribution in [2.45, 2.75) is 50.8 Å². The van der Waals surface area contributed by atoms with Crippen molar-refractivity contribution in [3.63, 3.8) is 0 Å². The molecular weight excluding hydrogens is 207 g/mol. The summed E-state index contributed by atoms with van der Waals surface area (Å²) in [5.74, 6) is 3.01. The van der Waals surface area contributed by atoms with E-state index in [1.807, 2.05) is 7.05 Å². The number of amidine groups is 1. The fraction of sp³-hybridized carbons (Fsp3) is 0.929. The average Bonchev–Trinajstić information content (AvgIpc) is 2.26. The van der Waals surface area contributed by atoms with Gasteiger partial charge in [0.1, 0.15) is 13.7 Å². The van der Waals surface area contributed by atoms with Crippen LogP contribution in [-0.4, -0.2) is 39.2 Å². The first-order valence-electron chi connectivity index (χ1n) is 7.21. The molecule has 1 saturated carbocycles. The predicted molar refractivity (Wildman–Crippen MR) is 77.6 cm³/mol. The van der Waals surface area contributed by atoms with Crippen LogP contribution in [0.1, 0.15) is 45.4 Å². The van der Waals surface area contributed by atoms with Crippen LogP contribution in [0, 0.1) is 11.8 Å². The van der Waals surface area contributed by atoms with E-state index < -0.39 is 0 Å². The van der Waals surface area contributed by atoms with E-state index in [0.717, 1.165) is 11.8 Å².